The molecule has 0 bridgehead atoms. The summed E-state index contributed by atoms with van der Waals surface area (Å²) < 4.78 is 2.43. The minimum absolute atomic E-state index is 0.581. The fraction of sp³-hybridized carbons (Fsp3) is 0.143. The van der Waals surface area contributed by atoms with E-state index in [0.29, 0.717) is 10.0 Å². The Labute approximate surface area is 106 Å². The molecule has 1 aromatic carbocycles. The molecule has 0 aliphatic carbocycles. The zero-order valence-corrected chi connectivity index (χ0v) is 12.2. The van der Waals surface area contributed by atoms with E-state index in [2.05, 4.69) is 47.8 Å². The second kappa shape index (κ2) is 4.18. The molecule has 0 fully saturated rings. The van der Waals surface area contributed by atoms with Crippen LogP contribution < -0.4 is 0 Å². The molecule has 1 rings (SSSR count). The van der Waals surface area contributed by atoms with Gasteiger partial charge in [-0.25, -0.2) is 0 Å². The van der Waals surface area contributed by atoms with E-state index in [4.69, 9.17) is 23.2 Å². The van der Waals surface area contributed by atoms with E-state index >= 15 is 0 Å². The normalized spacial score (nSPS) is 10.5. The number of rotatable bonds is 0. The van der Waals surface area contributed by atoms with Crippen LogP contribution in [-0.2, 0) is 0 Å². The van der Waals surface area contributed by atoms with Gasteiger partial charge in [-0.2, -0.15) is 0 Å². The maximum Gasteiger partial charge on any atom is 0.0716 e. The van der Waals surface area contributed by atoms with Gasteiger partial charge >= 0.3 is 0 Å². The van der Waals surface area contributed by atoms with Crippen molar-refractivity contribution in [1.29, 1.82) is 0 Å². The maximum absolute atomic E-state index is 5.98. The monoisotopic (exact) mass is 394 g/mol. The molecule has 0 aliphatic heterocycles. The van der Waals surface area contributed by atoms with Gasteiger partial charge in [0.1, 0.15) is 0 Å². The Bertz CT molecular complexity index is 231. The average molecular weight is 398 g/mol. The summed E-state index contributed by atoms with van der Waals surface area (Å²) in [5.74, 6) is 0. The standard InChI is InChI=1S/C7H3Br3Cl2/c1-2-3(8)4(9)7(12)5(10)6(2)11/h1H3. The van der Waals surface area contributed by atoms with E-state index in [1.807, 2.05) is 6.92 Å². The van der Waals surface area contributed by atoms with Gasteiger partial charge in [0.25, 0.3) is 0 Å². The lowest BCUT2D eigenvalue weighted by molar-refractivity contribution is 1.39. The fourth-order valence-corrected chi connectivity index (χ4v) is 3.02. The Morgan fingerprint density at radius 1 is 0.833 bits per heavy atom. The predicted octanol–water partition coefficient (Wildman–Crippen LogP) is 5.59. The van der Waals surface area contributed by atoms with Crippen molar-refractivity contribution in [2.24, 2.45) is 0 Å². The van der Waals surface area contributed by atoms with Crippen LogP contribution in [0.2, 0.25) is 10.0 Å². The van der Waals surface area contributed by atoms with E-state index < -0.39 is 0 Å². The molecule has 0 atom stereocenters. The van der Waals surface area contributed by atoms with E-state index in [1.54, 1.807) is 0 Å². The van der Waals surface area contributed by atoms with Crippen molar-refractivity contribution in [3.63, 3.8) is 0 Å². The van der Waals surface area contributed by atoms with Crippen molar-refractivity contribution in [3.05, 3.63) is 29.0 Å². The topological polar surface area (TPSA) is 0 Å². The van der Waals surface area contributed by atoms with Crippen LogP contribution >= 0.6 is 71.0 Å². The lowest BCUT2D eigenvalue weighted by Crippen LogP contribution is -1.84. The van der Waals surface area contributed by atoms with Crippen molar-refractivity contribution < 1.29 is 0 Å². The minimum Gasteiger partial charge on any atom is -0.0827 e. The van der Waals surface area contributed by atoms with Crippen molar-refractivity contribution in [2.45, 2.75) is 6.92 Å². The predicted molar refractivity (Wildman–Crippen MR) is 64.3 cm³/mol. The third-order valence-electron chi connectivity index (χ3n) is 1.43. The summed E-state index contributed by atoms with van der Waals surface area (Å²) in [5.41, 5.74) is 0.958. The first kappa shape index (κ1) is 11.3. The lowest BCUT2D eigenvalue weighted by Gasteiger charge is -2.08. The number of hydrogen-bond acceptors (Lipinski definition) is 0. The molecule has 1 aromatic rings. The summed E-state index contributed by atoms with van der Waals surface area (Å²) in [7, 11) is 0. The Hall–Kier alpha value is 1.24. The van der Waals surface area contributed by atoms with Crippen LogP contribution in [0.15, 0.2) is 13.4 Å². The van der Waals surface area contributed by atoms with Crippen molar-refractivity contribution in [2.75, 3.05) is 0 Å². The molecule has 0 saturated carbocycles. The van der Waals surface area contributed by atoms with Gasteiger partial charge in [-0.3, -0.25) is 0 Å². The highest BCUT2D eigenvalue weighted by Crippen LogP contribution is 2.43. The third-order valence-corrected chi connectivity index (χ3v) is 6.07. The lowest BCUT2D eigenvalue weighted by atomic mass is 10.2. The first-order chi connectivity index (χ1) is 5.46. The van der Waals surface area contributed by atoms with Crippen LogP contribution in [0.25, 0.3) is 0 Å². The second-order valence-corrected chi connectivity index (χ2v) is 5.33. The molecule has 0 unspecified atom stereocenters. The minimum atomic E-state index is 0.581. The van der Waals surface area contributed by atoms with Gasteiger partial charge < -0.3 is 0 Å². The van der Waals surface area contributed by atoms with Crippen LogP contribution in [0.4, 0.5) is 0 Å². The largest absolute Gasteiger partial charge is 0.0827 e. The smallest absolute Gasteiger partial charge is 0.0716 e. The second-order valence-electron chi connectivity index (χ2n) is 2.19. The highest BCUT2D eigenvalue weighted by molar-refractivity contribution is 9.13. The molecule has 0 N–H and O–H groups in total. The molecule has 12 heavy (non-hydrogen) atoms. The van der Waals surface area contributed by atoms with Crippen LogP contribution in [-0.4, -0.2) is 0 Å². The molecule has 66 valence electrons. The molecule has 0 amide bonds. The van der Waals surface area contributed by atoms with E-state index in [0.717, 1.165) is 19.0 Å². The number of benzene rings is 1. The summed E-state index contributed by atoms with van der Waals surface area (Å²) in [6.45, 7) is 1.91. The van der Waals surface area contributed by atoms with Gasteiger partial charge in [0, 0.05) is 4.47 Å². The molecule has 0 aromatic heterocycles. The summed E-state index contributed by atoms with van der Waals surface area (Å²) in [6.07, 6.45) is 0. The van der Waals surface area contributed by atoms with Gasteiger partial charge in [-0.05, 0) is 60.3 Å². The zero-order valence-electron chi connectivity index (χ0n) is 5.89. The van der Waals surface area contributed by atoms with Crippen LogP contribution in [0, 0.1) is 6.92 Å². The molecular weight excluding hydrogens is 395 g/mol. The van der Waals surface area contributed by atoms with Crippen LogP contribution in [0.5, 0.6) is 0 Å². The molecule has 0 saturated heterocycles. The van der Waals surface area contributed by atoms with Gasteiger partial charge in [0.2, 0.25) is 0 Å². The summed E-state index contributed by atoms with van der Waals surface area (Å²) in [4.78, 5) is 0. The Balaban J connectivity index is 3.60. The molecule has 0 spiro atoms. The Morgan fingerprint density at radius 3 is 1.83 bits per heavy atom. The zero-order chi connectivity index (χ0) is 9.46. The molecule has 0 heterocycles. The van der Waals surface area contributed by atoms with Crippen molar-refractivity contribution in [3.8, 4) is 0 Å². The Morgan fingerprint density at radius 2 is 1.33 bits per heavy atom. The van der Waals surface area contributed by atoms with Crippen molar-refractivity contribution in [1.82, 2.24) is 0 Å². The highest BCUT2D eigenvalue weighted by Gasteiger charge is 2.14. The number of hydrogen-bond donors (Lipinski definition) is 0. The highest BCUT2D eigenvalue weighted by atomic mass is 79.9. The molecular formula is C7H3Br3Cl2. The first-order valence-electron chi connectivity index (χ1n) is 2.94. The van der Waals surface area contributed by atoms with Crippen LogP contribution in [0.3, 0.4) is 0 Å². The van der Waals surface area contributed by atoms with E-state index in [1.165, 1.54) is 0 Å². The van der Waals surface area contributed by atoms with Crippen LogP contribution in [0.1, 0.15) is 5.56 Å². The SMILES string of the molecule is Cc1c(Cl)c(Br)c(Cl)c(Br)c1Br. The van der Waals surface area contributed by atoms with Crippen molar-refractivity contribution >= 4 is 71.0 Å². The summed E-state index contributed by atoms with van der Waals surface area (Å²) in [6, 6.07) is 0. The fourth-order valence-electron chi connectivity index (χ4n) is 0.715. The Kier molecular flexibility index (Phi) is 3.94. The quantitative estimate of drug-likeness (QED) is 0.395. The van der Waals surface area contributed by atoms with E-state index in [-0.39, 0.29) is 0 Å². The van der Waals surface area contributed by atoms with Gasteiger partial charge in [0.05, 0.1) is 19.0 Å². The van der Waals surface area contributed by atoms with Gasteiger partial charge in [-0.1, -0.05) is 23.2 Å². The summed E-state index contributed by atoms with van der Waals surface area (Å²) in [5, 5.41) is 1.22. The first-order valence-corrected chi connectivity index (χ1v) is 6.08. The molecule has 0 aliphatic rings. The maximum atomic E-state index is 5.98. The van der Waals surface area contributed by atoms with Gasteiger partial charge in [0.15, 0.2) is 0 Å². The summed E-state index contributed by atoms with van der Waals surface area (Å²) >= 11 is 22.0. The average Bonchev–Trinajstić information content (AvgIpc) is 2.08. The van der Waals surface area contributed by atoms with Gasteiger partial charge in [-0.15, -0.1) is 0 Å². The van der Waals surface area contributed by atoms with E-state index in [9.17, 15) is 0 Å². The molecule has 5 heteroatoms. The number of halogens is 5. The molecule has 0 radical (unpaired) electrons. The third kappa shape index (κ3) is 1.85. The molecule has 0 nitrogen and oxygen atoms in total.